The molecule has 0 rings (SSSR count). The number of rotatable bonds is 10. The number of unbranched alkanes of at least 4 members (excludes halogenated alkanes) is 3. The minimum Gasteiger partial charge on any atom is -0.479 e. The first-order valence-corrected chi connectivity index (χ1v) is 7.59. The van der Waals surface area contributed by atoms with E-state index in [0.717, 1.165) is 25.7 Å². The van der Waals surface area contributed by atoms with Crippen molar-refractivity contribution in [3.63, 3.8) is 0 Å². The van der Waals surface area contributed by atoms with Crippen molar-refractivity contribution in [1.29, 1.82) is 0 Å². The van der Waals surface area contributed by atoms with E-state index < -0.39 is 25.3 Å². The van der Waals surface area contributed by atoms with Crippen LogP contribution in [0.5, 0.6) is 0 Å². The Balaban J connectivity index is 4.01. The van der Waals surface area contributed by atoms with E-state index in [-0.39, 0.29) is 6.54 Å². The zero-order valence-corrected chi connectivity index (χ0v) is 11.4. The summed E-state index contributed by atoms with van der Waals surface area (Å²) in [5, 5.41) is 18.0. The van der Waals surface area contributed by atoms with Crippen molar-refractivity contribution in [2.45, 2.75) is 44.4 Å². The van der Waals surface area contributed by atoms with Crippen LogP contribution in [-0.4, -0.2) is 44.4 Å². The van der Waals surface area contributed by atoms with Crippen LogP contribution in [0.1, 0.15) is 39.0 Å². The molecule has 0 bridgehead atoms. The van der Waals surface area contributed by atoms with Crippen molar-refractivity contribution >= 4 is 13.6 Å². The molecule has 0 amide bonds. The summed E-state index contributed by atoms with van der Waals surface area (Å²) in [5.74, 6) is -1.90. The van der Waals surface area contributed by atoms with Gasteiger partial charge in [0, 0.05) is 6.42 Å². The van der Waals surface area contributed by atoms with Gasteiger partial charge in [0.1, 0.15) is 0 Å². The number of carbonyl (C=O) groups is 1. The summed E-state index contributed by atoms with van der Waals surface area (Å²) in [6.45, 7) is 2.76. The molecule has 0 aliphatic rings. The maximum atomic E-state index is 10.9. The Morgan fingerprint density at radius 2 is 1.83 bits per heavy atom. The van der Waals surface area contributed by atoms with Crippen LogP contribution in [0.4, 0.5) is 0 Å². The van der Waals surface area contributed by atoms with Gasteiger partial charge in [0.05, 0.1) is 0 Å². The predicted octanol–water partition coefficient (Wildman–Crippen LogP) is 0.497. The van der Waals surface area contributed by atoms with Crippen molar-refractivity contribution in [2.24, 2.45) is 0 Å². The Morgan fingerprint density at radius 1 is 1.22 bits per heavy atom. The number of aliphatic carboxylic acids is 1. The summed E-state index contributed by atoms with van der Waals surface area (Å²) in [4.78, 5) is 28.4. The minimum atomic E-state index is -5.09. The molecular weight excluding hydrogens is 261 g/mol. The fraction of sp³-hybridized carbons (Fsp3) is 0.900. The summed E-state index contributed by atoms with van der Waals surface area (Å²) in [7, 11) is -5.09. The van der Waals surface area contributed by atoms with Gasteiger partial charge in [0.15, 0.2) is 0 Å². The van der Waals surface area contributed by atoms with E-state index in [4.69, 9.17) is 14.9 Å². The third-order valence-electron chi connectivity index (χ3n) is 2.68. The van der Waals surface area contributed by atoms with Gasteiger partial charge in [-0.2, -0.15) is 0 Å². The van der Waals surface area contributed by atoms with Crippen LogP contribution in [-0.2, 0) is 9.36 Å². The SMILES string of the molecule is CCCCCCNCCC(O)(C(=O)O)P(=O)(O)O. The monoisotopic (exact) mass is 283 g/mol. The minimum absolute atomic E-state index is 0.0417. The van der Waals surface area contributed by atoms with Crippen LogP contribution < -0.4 is 5.32 Å². The second-order valence-corrected chi connectivity index (χ2v) is 6.05. The number of carboxylic acids is 1. The normalized spacial score (nSPS) is 15.3. The van der Waals surface area contributed by atoms with Crippen molar-refractivity contribution < 1.29 is 29.4 Å². The van der Waals surface area contributed by atoms with Crippen LogP contribution >= 0.6 is 7.60 Å². The van der Waals surface area contributed by atoms with Crippen LogP contribution in [0.2, 0.25) is 0 Å². The molecule has 0 fully saturated rings. The summed E-state index contributed by atoms with van der Waals surface area (Å²) >= 11 is 0. The van der Waals surface area contributed by atoms with Crippen LogP contribution in [0.25, 0.3) is 0 Å². The summed E-state index contributed by atoms with van der Waals surface area (Å²) in [6, 6.07) is 0. The van der Waals surface area contributed by atoms with E-state index in [1.807, 2.05) is 0 Å². The van der Waals surface area contributed by atoms with Gasteiger partial charge >= 0.3 is 13.6 Å². The van der Waals surface area contributed by atoms with Crippen molar-refractivity contribution in [3.8, 4) is 0 Å². The van der Waals surface area contributed by atoms with E-state index >= 15 is 0 Å². The average Bonchev–Trinajstić information content (AvgIpc) is 2.25. The highest BCUT2D eigenvalue weighted by molar-refractivity contribution is 7.54. The average molecular weight is 283 g/mol. The molecule has 108 valence electrons. The highest BCUT2D eigenvalue weighted by Gasteiger charge is 2.52. The van der Waals surface area contributed by atoms with Crippen LogP contribution in [0.3, 0.4) is 0 Å². The van der Waals surface area contributed by atoms with Crippen LogP contribution in [0, 0.1) is 0 Å². The summed E-state index contributed by atoms with van der Waals surface area (Å²) in [5.41, 5.74) is 0. The van der Waals surface area contributed by atoms with Gasteiger partial charge in [-0.1, -0.05) is 26.2 Å². The van der Waals surface area contributed by atoms with E-state index in [1.54, 1.807) is 0 Å². The van der Waals surface area contributed by atoms with E-state index in [2.05, 4.69) is 12.2 Å². The summed E-state index contributed by atoms with van der Waals surface area (Å²) in [6.07, 6.45) is 3.65. The molecule has 0 aromatic carbocycles. The van der Waals surface area contributed by atoms with E-state index in [9.17, 15) is 14.5 Å². The fourth-order valence-electron chi connectivity index (χ4n) is 1.44. The molecule has 0 saturated carbocycles. The lowest BCUT2D eigenvalue weighted by Gasteiger charge is -2.24. The highest BCUT2D eigenvalue weighted by atomic mass is 31.2. The second kappa shape index (κ2) is 7.86. The Kier molecular flexibility index (Phi) is 7.66. The molecule has 0 aromatic heterocycles. The lowest BCUT2D eigenvalue weighted by Crippen LogP contribution is -2.41. The number of hydrogen-bond acceptors (Lipinski definition) is 4. The van der Waals surface area contributed by atoms with Crippen LogP contribution in [0.15, 0.2) is 0 Å². The van der Waals surface area contributed by atoms with Gasteiger partial charge in [-0.05, 0) is 19.5 Å². The zero-order valence-electron chi connectivity index (χ0n) is 10.5. The van der Waals surface area contributed by atoms with Gasteiger partial charge in [0.2, 0.25) is 0 Å². The lowest BCUT2D eigenvalue weighted by molar-refractivity contribution is -0.151. The molecule has 0 saturated heterocycles. The quantitative estimate of drug-likeness (QED) is 0.292. The molecule has 1 atom stereocenters. The topological polar surface area (TPSA) is 127 Å². The number of nitrogens with one attached hydrogen (secondary N) is 1. The first kappa shape index (κ1) is 17.5. The Bertz CT molecular complexity index is 305. The maximum absolute atomic E-state index is 10.9. The molecule has 0 heterocycles. The molecule has 8 heteroatoms. The summed E-state index contributed by atoms with van der Waals surface area (Å²) < 4.78 is 10.9. The molecule has 0 radical (unpaired) electrons. The zero-order chi connectivity index (χ0) is 14.2. The first-order valence-electron chi connectivity index (χ1n) is 5.98. The molecule has 0 spiro atoms. The Hall–Kier alpha value is -0.460. The smallest absolute Gasteiger partial charge is 0.368 e. The van der Waals surface area contributed by atoms with Crippen molar-refractivity contribution in [3.05, 3.63) is 0 Å². The molecule has 0 aliphatic carbocycles. The van der Waals surface area contributed by atoms with Crippen molar-refractivity contribution in [2.75, 3.05) is 13.1 Å². The van der Waals surface area contributed by atoms with Gasteiger partial charge in [-0.3, -0.25) is 4.57 Å². The second-order valence-electron chi connectivity index (χ2n) is 4.23. The molecule has 7 nitrogen and oxygen atoms in total. The lowest BCUT2D eigenvalue weighted by atomic mass is 10.2. The first-order chi connectivity index (χ1) is 8.25. The third-order valence-corrected chi connectivity index (χ3v) is 4.06. The predicted molar refractivity (Wildman–Crippen MR) is 66.3 cm³/mol. The third kappa shape index (κ3) is 5.46. The van der Waals surface area contributed by atoms with Gasteiger partial charge < -0.3 is 25.3 Å². The van der Waals surface area contributed by atoms with Gasteiger partial charge in [-0.15, -0.1) is 0 Å². The fourth-order valence-corrected chi connectivity index (χ4v) is 2.09. The Labute approximate surface area is 106 Å². The molecule has 5 N–H and O–H groups in total. The molecule has 18 heavy (non-hydrogen) atoms. The number of aliphatic hydroxyl groups is 1. The van der Waals surface area contributed by atoms with Gasteiger partial charge in [0.25, 0.3) is 5.34 Å². The molecular formula is C10H22NO6P. The molecule has 1 unspecified atom stereocenters. The van der Waals surface area contributed by atoms with E-state index in [1.165, 1.54) is 0 Å². The largest absolute Gasteiger partial charge is 0.479 e. The molecule has 0 aliphatic heterocycles. The van der Waals surface area contributed by atoms with Gasteiger partial charge in [-0.25, -0.2) is 4.79 Å². The maximum Gasteiger partial charge on any atom is 0.368 e. The molecule has 0 aromatic rings. The highest BCUT2D eigenvalue weighted by Crippen LogP contribution is 2.50. The number of carboxylic acid groups (broad SMARTS) is 1. The standard InChI is InChI=1S/C10H22NO6P/c1-2-3-4-5-7-11-8-6-10(14,9(12)13)18(15,16)17/h11,14H,2-8H2,1H3,(H,12,13)(H2,15,16,17). The van der Waals surface area contributed by atoms with Crippen molar-refractivity contribution in [1.82, 2.24) is 5.32 Å². The Morgan fingerprint density at radius 3 is 2.28 bits per heavy atom. The number of hydrogen-bond donors (Lipinski definition) is 5. The van der Waals surface area contributed by atoms with E-state index in [0.29, 0.717) is 6.54 Å².